The van der Waals surface area contributed by atoms with Gasteiger partial charge in [0.05, 0.1) is 30.5 Å². The quantitative estimate of drug-likeness (QED) is 0.303. The number of phenols is 1. The van der Waals surface area contributed by atoms with E-state index in [2.05, 4.69) is 20.4 Å². The normalized spacial score (nSPS) is 14.4. The van der Waals surface area contributed by atoms with Gasteiger partial charge in [-0.15, -0.1) is 0 Å². The Hall–Kier alpha value is -3.23. The van der Waals surface area contributed by atoms with Gasteiger partial charge < -0.3 is 20.5 Å². The van der Waals surface area contributed by atoms with E-state index in [9.17, 15) is 23.1 Å². The smallest absolute Gasteiger partial charge is 0.416 e. The number of guanidine groups is 1. The molecule has 29 heavy (non-hydrogen) atoms. The van der Waals surface area contributed by atoms with Crippen LogP contribution in [0.3, 0.4) is 0 Å². The molecule has 0 aliphatic heterocycles. The number of carbonyl (C=O) groups is 1. The molecule has 0 spiro atoms. The van der Waals surface area contributed by atoms with Crippen LogP contribution in [0, 0.1) is 0 Å². The van der Waals surface area contributed by atoms with E-state index in [0.29, 0.717) is 11.5 Å². The summed E-state index contributed by atoms with van der Waals surface area (Å²) in [5.41, 5.74) is 0.114. The molecule has 0 bridgehead atoms. The van der Waals surface area contributed by atoms with E-state index >= 15 is 0 Å². The Kier molecular flexibility index (Phi) is 5.95. The molecule has 6 nitrogen and oxygen atoms in total. The number of anilines is 1. The van der Waals surface area contributed by atoms with E-state index in [1.807, 2.05) is 0 Å². The summed E-state index contributed by atoms with van der Waals surface area (Å²) < 4.78 is 43.3. The Bertz CT molecular complexity index is 925. The van der Waals surface area contributed by atoms with Crippen LogP contribution < -0.4 is 10.6 Å². The second-order valence-corrected chi connectivity index (χ2v) is 6.63. The molecule has 1 aliphatic carbocycles. The van der Waals surface area contributed by atoms with Crippen molar-refractivity contribution in [2.75, 3.05) is 12.4 Å². The van der Waals surface area contributed by atoms with E-state index < -0.39 is 17.7 Å². The number of rotatable bonds is 5. The van der Waals surface area contributed by atoms with Crippen LogP contribution in [0.4, 0.5) is 18.9 Å². The number of ether oxygens (including phenoxy) is 1. The van der Waals surface area contributed by atoms with E-state index in [4.69, 9.17) is 0 Å². The second kappa shape index (κ2) is 8.42. The Morgan fingerprint density at radius 1 is 1.24 bits per heavy atom. The van der Waals surface area contributed by atoms with Crippen LogP contribution in [-0.2, 0) is 17.5 Å². The Balaban J connectivity index is 1.81. The number of aromatic hydroxyl groups is 1. The van der Waals surface area contributed by atoms with Crippen LogP contribution in [0.1, 0.15) is 34.3 Å². The maximum atomic E-state index is 12.9. The molecule has 0 radical (unpaired) electrons. The summed E-state index contributed by atoms with van der Waals surface area (Å²) in [4.78, 5) is 16.0. The number of esters is 1. The van der Waals surface area contributed by atoms with Crippen molar-refractivity contribution in [2.45, 2.75) is 31.6 Å². The van der Waals surface area contributed by atoms with E-state index in [1.54, 1.807) is 6.07 Å². The average Bonchev–Trinajstić information content (AvgIpc) is 3.50. The van der Waals surface area contributed by atoms with Crippen molar-refractivity contribution in [2.24, 2.45) is 4.99 Å². The molecular formula is C20H20F3N3O3. The highest BCUT2D eigenvalue weighted by molar-refractivity contribution is 5.97. The van der Waals surface area contributed by atoms with Crippen molar-refractivity contribution >= 4 is 17.6 Å². The van der Waals surface area contributed by atoms with Crippen LogP contribution in [0.15, 0.2) is 47.5 Å². The number of benzene rings is 2. The van der Waals surface area contributed by atoms with Gasteiger partial charge in [-0.25, -0.2) is 9.79 Å². The molecule has 0 amide bonds. The van der Waals surface area contributed by atoms with Crippen molar-refractivity contribution in [1.29, 1.82) is 0 Å². The van der Waals surface area contributed by atoms with Gasteiger partial charge in [0.25, 0.3) is 0 Å². The largest absolute Gasteiger partial charge is 0.506 e. The van der Waals surface area contributed by atoms with Gasteiger partial charge in [-0.2, -0.15) is 13.2 Å². The monoisotopic (exact) mass is 407 g/mol. The fourth-order valence-electron chi connectivity index (χ4n) is 2.57. The molecule has 0 unspecified atom stereocenters. The van der Waals surface area contributed by atoms with Gasteiger partial charge in [-0.1, -0.05) is 12.1 Å². The Morgan fingerprint density at radius 2 is 2.00 bits per heavy atom. The topological polar surface area (TPSA) is 83.0 Å². The SMILES string of the molecule is COC(=O)c1ccc(O)c(NC(=NCc2cccc(C(F)(F)F)c2)NC2CC2)c1. The van der Waals surface area contributed by atoms with Gasteiger partial charge in [-0.3, -0.25) is 0 Å². The molecule has 3 rings (SSSR count). The molecule has 1 fully saturated rings. The molecular weight excluding hydrogens is 387 g/mol. The summed E-state index contributed by atoms with van der Waals surface area (Å²) >= 11 is 0. The molecule has 3 N–H and O–H groups in total. The number of alkyl halides is 3. The Labute approximate surface area is 165 Å². The summed E-state index contributed by atoms with van der Waals surface area (Å²) in [7, 11) is 1.25. The fraction of sp³-hybridized carbons (Fsp3) is 0.300. The maximum absolute atomic E-state index is 12.9. The van der Waals surface area contributed by atoms with Crippen LogP contribution in [0.2, 0.25) is 0 Å². The van der Waals surface area contributed by atoms with Gasteiger partial charge in [0.15, 0.2) is 5.96 Å². The lowest BCUT2D eigenvalue weighted by Gasteiger charge is -2.14. The summed E-state index contributed by atoms with van der Waals surface area (Å²) in [6, 6.07) is 9.32. The summed E-state index contributed by atoms with van der Waals surface area (Å²) in [6.45, 7) is 0.00340. The molecule has 0 atom stereocenters. The van der Waals surface area contributed by atoms with Crippen molar-refractivity contribution in [3.8, 4) is 5.75 Å². The molecule has 9 heteroatoms. The van der Waals surface area contributed by atoms with Crippen LogP contribution >= 0.6 is 0 Å². The predicted octanol–water partition coefficient (Wildman–Crippen LogP) is 3.92. The van der Waals surface area contributed by atoms with Crippen molar-refractivity contribution in [3.63, 3.8) is 0 Å². The third-order valence-corrected chi connectivity index (χ3v) is 4.26. The second-order valence-electron chi connectivity index (χ2n) is 6.63. The number of halogens is 3. The number of nitrogens with zero attached hydrogens (tertiary/aromatic N) is 1. The lowest BCUT2D eigenvalue weighted by Crippen LogP contribution is -2.32. The summed E-state index contributed by atoms with van der Waals surface area (Å²) in [6.07, 6.45) is -2.54. The van der Waals surface area contributed by atoms with Crippen LogP contribution in [0.5, 0.6) is 5.75 Å². The zero-order valence-electron chi connectivity index (χ0n) is 15.6. The molecule has 2 aromatic carbocycles. The molecule has 0 heterocycles. The lowest BCUT2D eigenvalue weighted by atomic mass is 10.1. The molecule has 154 valence electrons. The number of hydrogen-bond acceptors (Lipinski definition) is 4. The number of methoxy groups -OCH3 is 1. The molecule has 1 aliphatic rings. The van der Waals surface area contributed by atoms with E-state index in [1.165, 1.54) is 31.4 Å². The number of aliphatic imine (C=N–C) groups is 1. The molecule has 1 saturated carbocycles. The molecule has 0 saturated heterocycles. The Morgan fingerprint density at radius 3 is 2.66 bits per heavy atom. The number of phenolic OH excluding ortho intramolecular Hbond substituents is 1. The minimum absolute atomic E-state index is 0.00340. The van der Waals surface area contributed by atoms with Crippen molar-refractivity contribution in [3.05, 3.63) is 59.2 Å². The highest BCUT2D eigenvalue weighted by Gasteiger charge is 2.30. The predicted molar refractivity (Wildman–Crippen MR) is 102 cm³/mol. The standard InChI is InChI=1S/C20H20F3N3O3/c1-29-18(28)13-5-8-17(27)16(10-13)26-19(25-15-6-7-15)24-11-12-3-2-4-14(9-12)20(21,22)23/h2-5,8-10,15,27H,6-7,11H2,1H3,(H2,24,25,26). The number of carbonyl (C=O) groups excluding carboxylic acids is 1. The first-order valence-electron chi connectivity index (χ1n) is 8.92. The third kappa shape index (κ3) is 5.63. The van der Waals surface area contributed by atoms with Crippen molar-refractivity contribution in [1.82, 2.24) is 5.32 Å². The third-order valence-electron chi connectivity index (χ3n) is 4.26. The first-order chi connectivity index (χ1) is 13.8. The van der Waals surface area contributed by atoms with Crippen molar-refractivity contribution < 1.29 is 27.8 Å². The fourth-order valence-corrected chi connectivity index (χ4v) is 2.57. The van der Waals surface area contributed by atoms with Gasteiger partial charge in [-0.05, 0) is 48.7 Å². The van der Waals surface area contributed by atoms with E-state index in [-0.39, 0.29) is 29.6 Å². The lowest BCUT2D eigenvalue weighted by molar-refractivity contribution is -0.137. The first-order valence-corrected chi connectivity index (χ1v) is 8.92. The van der Waals surface area contributed by atoms with Gasteiger partial charge in [0, 0.05) is 6.04 Å². The van der Waals surface area contributed by atoms with Gasteiger partial charge in [0.1, 0.15) is 5.75 Å². The average molecular weight is 407 g/mol. The minimum Gasteiger partial charge on any atom is -0.506 e. The zero-order chi connectivity index (χ0) is 21.0. The minimum atomic E-state index is -4.42. The summed E-state index contributed by atoms with van der Waals surface area (Å²) in [5, 5.41) is 16.1. The van der Waals surface area contributed by atoms with Gasteiger partial charge in [0.2, 0.25) is 0 Å². The van der Waals surface area contributed by atoms with E-state index in [0.717, 1.165) is 25.0 Å². The van der Waals surface area contributed by atoms with Gasteiger partial charge >= 0.3 is 12.1 Å². The highest BCUT2D eigenvalue weighted by Crippen LogP contribution is 2.30. The number of hydrogen-bond donors (Lipinski definition) is 3. The summed E-state index contributed by atoms with van der Waals surface area (Å²) in [5.74, 6) is -0.380. The van der Waals surface area contributed by atoms with Crippen LogP contribution in [-0.4, -0.2) is 30.2 Å². The number of nitrogens with one attached hydrogen (secondary N) is 2. The first kappa shape index (κ1) is 20.5. The highest BCUT2D eigenvalue weighted by atomic mass is 19.4. The molecule has 0 aromatic heterocycles. The molecule has 2 aromatic rings. The van der Waals surface area contributed by atoms with Crippen LogP contribution in [0.25, 0.3) is 0 Å². The zero-order valence-corrected chi connectivity index (χ0v) is 15.6. The maximum Gasteiger partial charge on any atom is 0.416 e.